The second-order valence-corrected chi connectivity index (χ2v) is 5.08. The van der Waals surface area contributed by atoms with Crippen molar-refractivity contribution in [3.63, 3.8) is 0 Å². The summed E-state index contributed by atoms with van der Waals surface area (Å²) in [6.07, 6.45) is 3.27. The molecular weight excluding hydrogens is 290 g/mol. The number of fused-ring (bicyclic) bond motifs is 1. The largest absolute Gasteiger partial charge is 0.459 e. The summed E-state index contributed by atoms with van der Waals surface area (Å²) in [7, 11) is 0. The maximum atomic E-state index is 11.9. The molecule has 2 aromatic carbocycles. The number of imidazole rings is 1. The zero-order valence-electron chi connectivity index (χ0n) is 12.1. The van der Waals surface area contributed by atoms with Crippen LogP contribution in [0.3, 0.4) is 0 Å². The molecule has 0 atom stereocenters. The van der Waals surface area contributed by atoms with Crippen LogP contribution in [0.1, 0.15) is 10.6 Å². The molecule has 1 amide bonds. The van der Waals surface area contributed by atoms with E-state index < -0.39 is 0 Å². The Hall–Kier alpha value is -3.34. The molecule has 0 bridgehead atoms. The Labute approximate surface area is 132 Å². The van der Waals surface area contributed by atoms with Gasteiger partial charge in [-0.1, -0.05) is 12.1 Å². The van der Waals surface area contributed by atoms with Gasteiger partial charge in [-0.3, -0.25) is 9.36 Å². The number of furan rings is 1. The Kier molecular flexibility index (Phi) is 3.16. The van der Waals surface area contributed by atoms with E-state index in [1.807, 2.05) is 53.1 Å². The lowest BCUT2D eigenvalue weighted by molar-refractivity contribution is 0.0996. The first kappa shape index (κ1) is 13.3. The van der Waals surface area contributed by atoms with Crippen LogP contribution in [0.25, 0.3) is 16.7 Å². The zero-order chi connectivity index (χ0) is 15.6. The first-order valence-corrected chi connectivity index (χ1v) is 7.19. The minimum absolute atomic E-state index is 0.268. The number of anilines is 1. The quantitative estimate of drug-likeness (QED) is 0.625. The highest BCUT2D eigenvalue weighted by atomic mass is 16.3. The van der Waals surface area contributed by atoms with E-state index in [-0.39, 0.29) is 11.7 Å². The molecule has 1 N–H and O–H groups in total. The van der Waals surface area contributed by atoms with Gasteiger partial charge in [0.05, 0.1) is 17.3 Å². The molecule has 0 saturated heterocycles. The van der Waals surface area contributed by atoms with Crippen LogP contribution in [-0.4, -0.2) is 15.5 Å². The fraction of sp³-hybridized carbons (Fsp3) is 0. The number of rotatable bonds is 3. The van der Waals surface area contributed by atoms with Crippen molar-refractivity contribution in [2.45, 2.75) is 0 Å². The SMILES string of the molecule is O=C(Nc1ccc(-n2cnc3ccccc32)cc1)c1ccco1. The van der Waals surface area contributed by atoms with Crippen LogP contribution in [0.4, 0.5) is 5.69 Å². The number of carbonyl (C=O) groups is 1. The predicted molar refractivity (Wildman–Crippen MR) is 87.7 cm³/mol. The van der Waals surface area contributed by atoms with Crippen LogP contribution in [0.15, 0.2) is 77.7 Å². The molecule has 0 aliphatic rings. The highest BCUT2D eigenvalue weighted by molar-refractivity contribution is 6.02. The molecule has 4 rings (SSSR count). The van der Waals surface area contributed by atoms with Crippen molar-refractivity contribution < 1.29 is 9.21 Å². The number of benzene rings is 2. The Morgan fingerprint density at radius 1 is 1.00 bits per heavy atom. The van der Waals surface area contributed by atoms with Gasteiger partial charge >= 0.3 is 0 Å². The summed E-state index contributed by atoms with van der Waals surface area (Å²) in [6, 6.07) is 18.8. The van der Waals surface area contributed by atoms with Crippen molar-refractivity contribution in [1.82, 2.24) is 9.55 Å². The van der Waals surface area contributed by atoms with E-state index in [0.29, 0.717) is 5.69 Å². The van der Waals surface area contributed by atoms with Crippen LogP contribution in [0.2, 0.25) is 0 Å². The highest BCUT2D eigenvalue weighted by Crippen LogP contribution is 2.20. The first-order chi connectivity index (χ1) is 11.3. The average Bonchev–Trinajstić information content (AvgIpc) is 3.25. The van der Waals surface area contributed by atoms with Gasteiger partial charge in [-0.05, 0) is 48.5 Å². The molecule has 112 valence electrons. The van der Waals surface area contributed by atoms with E-state index in [2.05, 4.69) is 10.3 Å². The van der Waals surface area contributed by atoms with Gasteiger partial charge < -0.3 is 9.73 Å². The van der Waals surface area contributed by atoms with Gasteiger partial charge in [0, 0.05) is 11.4 Å². The molecule has 0 aliphatic heterocycles. The fourth-order valence-corrected chi connectivity index (χ4v) is 2.47. The fourth-order valence-electron chi connectivity index (χ4n) is 2.47. The van der Waals surface area contributed by atoms with Crippen LogP contribution in [-0.2, 0) is 0 Å². The van der Waals surface area contributed by atoms with Crippen molar-refractivity contribution in [1.29, 1.82) is 0 Å². The zero-order valence-corrected chi connectivity index (χ0v) is 12.1. The number of para-hydroxylation sites is 2. The van der Waals surface area contributed by atoms with Gasteiger partial charge in [0.2, 0.25) is 0 Å². The van der Waals surface area contributed by atoms with Crippen molar-refractivity contribution in [3.8, 4) is 5.69 Å². The maximum absolute atomic E-state index is 11.9. The summed E-state index contributed by atoms with van der Waals surface area (Å²) >= 11 is 0. The molecule has 2 aromatic heterocycles. The number of carbonyl (C=O) groups excluding carboxylic acids is 1. The number of nitrogens with one attached hydrogen (secondary N) is 1. The average molecular weight is 303 g/mol. The van der Waals surface area contributed by atoms with Crippen molar-refractivity contribution in [2.75, 3.05) is 5.32 Å². The van der Waals surface area contributed by atoms with Crippen molar-refractivity contribution in [3.05, 3.63) is 79.0 Å². The molecule has 0 saturated carbocycles. The molecule has 0 aliphatic carbocycles. The maximum Gasteiger partial charge on any atom is 0.291 e. The molecule has 23 heavy (non-hydrogen) atoms. The number of aromatic nitrogens is 2. The van der Waals surface area contributed by atoms with Gasteiger partial charge in [0.1, 0.15) is 6.33 Å². The molecule has 0 spiro atoms. The van der Waals surface area contributed by atoms with E-state index in [1.54, 1.807) is 18.5 Å². The Morgan fingerprint density at radius 3 is 2.61 bits per heavy atom. The van der Waals surface area contributed by atoms with E-state index in [1.165, 1.54) is 6.26 Å². The van der Waals surface area contributed by atoms with Gasteiger partial charge in [-0.25, -0.2) is 4.98 Å². The lowest BCUT2D eigenvalue weighted by Crippen LogP contribution is -2.10. The van der Waals surface area contributed by atoms with Crippen molar-refractivity contribution in [2.24, 2.45) is 0 Å². The highest BCUT2D eigenvalue weighted by Gasteiger charge is 2.09. The second kappa shape index (κ2) is 5.46. The van der Waals surface area contributed by atoms with Crippen LogP contribution < -0.4 is 5.32 Å². The summed E-state index contributed by atoms with van der Waals surface area (Å²) in [5, 5.41) is 2.80. The van der Waals surface area contributed by atoms with Gasteiger partial charge in [-0.2, -0.15) is 0 Å². The topological polar surface area (TPSA) is 60.1 Å². The first-order valence-electron chi connectivity index (χ1n) is 7.19. The Morgan fingerprint density at radius 2 is 1.83 bits per heavy atom. The number of hydrogen-bond acceptors (Lipinski definition) is 3. The number of hydrogen-bond donors (Lipinski definition) is 1. The Bertz CT molecular complexity index is 954. The van der Waals surface area contributed by atoms with Gasteiger partial charge in [0.25, 0.3) is 5.91 Å². The molecular formula is C18H13N3O2. The number of nitrogens with zero attached hydrogens (tertiary/aromatic N) is 2. The van der Waals surface area contributed by atoms with Crippen LogP contribution >= 0.6 is 0 Å². The standard InChI is InChI=1S/C18H13N3O2/c22-18(17-6-3-11-23-17)20-13-7-9-14(10-8-13)21-12-19-15-4-1-2-5-16(15)21/h1-12H,(H,20,22). The van der Waals surface area contributed by atoms with E-state index in [9.17, 15) is 4.79 Å². The molecule has 4 aromatic rings. The van der Waals surface area contributed by atoms with Crippen LogP contribution in [0.5, 0.6) is 0 Å². The molecule has 5 nitrogen and oxygen atoms in total. The molecule has 0 radical (unpaired) electrons. The minimum atomic E-state index is -0.268. The summed E-state index contributed by atoms with van der Waals surface area (Å²) < 4.78 is 7.08. The normalized spacial score (nSPS) is 10.8. The third-order valence-corrected chi connectivity index (χ3v) is 3.60. The second-order valence-electron chi connectivity index (χ2n) is 5.08. The third-order valence-electron chi connectivity index (χ3n) is 3.60. The van der Waals surface area contributed by atoms with Gasteiger partial charge in [0.15, 0.2) is 5.76 Å². The van der Waals surface area contributed by atoms with Crippen molar-refractivity contribution >= 4 is 22.6 Å². The predicted octanol–water partition coefficient (Wildman–Crippen LogP) is 3.87. The van der Waals surface area contributed by atoms with Crippen LogP contribution in [0, 0.1) is 0 Å². The summed E-state index contributed by atoms with van der Waals surface area (Å²) in [4.78, 5) is 16.3. The number of amides is 1. The minimum Gasteiger partial charge on any atom is -0.459 e. The summed E-state index contributed by atoms with van der Waals surface area (Å²) in [5.74, 6) is 0.0190. The van der Waals surface area contributed by atoms with E-state index in [0.717, 1.165) is 16.7 Å². The summed E-state index contributed by atoms with van der Waals surface area (Å²) in [6.45, 7) is 0. The lowest BCUT2D eigenvalue weighted by atomic mass is 10.2. The molecule has 5 heteroatoms. The molecule has 0 fully saturated rings. The third kappa shape index (κ3) is 2.48. The monoisotopic (exact) mass is 303 g/mol. The summed E-state index contributed by atoms with van der Waals surface area (Å²) in [5.41, 5.74) is 3.68. The Balaban J connectivity index is 1.60. The van der Waals surface area contributed by atoms with E-state index in [4.69, 9.17) is 4.42 Å². The van der Waals surface area contributed by atoms with Gasteiger partial charge in [-0.15, -0.1) is 0 Å². The molecule has 2 heterocycles. The smallest absolute Gasteiger partial charge is 0.291 e. The lowest BCUT2D eigenvalue weighted by Gasteiger charge is -2.07. The molecule has 0 unspecified atom stereocenters. The van der Waals surface area contributed by atoms with E-state index >= 15 is 0 Å².